The van der Waals surface area contributed by atoms with E-state index in [4.69, 9.17) is 0 Å². The number of aryl methyl sites for hydroxylation is 1. The lowest BCUT2D eigenvalue weighted by molar-refractivity contribution is 0.102. The molecule has 1 amide bonds. The summed E-state index contributed by atoms with van der Waals surface area (Å²) < 4.78 is 0.909. The minimum absolute atomic E-state index is 0.211. The van der Waals surface area contributed by atoms with Gasteiger partial charge in [0.15, 0.2) is 0 Å². The Morgan fingerprint density at radius 3 is 2.62 bits per heavy atom. The Labute approximate surface area is 149 Å². The number of carbonyl (C=O) groups excluding carboxylic acids is 1. The van der Waals surface area contributed by atoms with Crippen molar-refractivity contribution in [3.8, 4) is 0 Å². The number of nitrogens with one attached hydrogen (secondary N) is 1. The van der Waals surface area contributed by atoms with E-state index >= 15 is 0 Å². The van der Waals surface area contributed by atoms with Gasteiger partial charge in [0.05, 0.1) is 11.3 Å². The van der Waals surface area contributed by atoms with Crippen LogP contribution in [0.15, 0.2) is 65.3 Å². The Hall–Kier alpha value is -2.53. The molecule has 1 N–H and O–H groups in total. The van der Waals surface area contributed by atoms with Gasteiger partial charge in [-0.1, -0.05) is 52.3 Å². The van der Waals surface area contributed by atoms with Crippen molar-refractivity contribution in [3.05, 3.63) is 87.9 Å². The summed E-state index contributed by atoms with van der Waals surface area (Å²) >= 11 is 3.39. The van der Waals surface area contributed by atoms with E-state index < -0.39 is 0 Å². The lowest BCUT2D eigenvalue weighted by atomic mass is 10.1. The Bertz CT molecular complexity index is 865. The molecule has 0 fully saturated rings. The highest BCUT2D eigenvalue weighted by Gasteiger charge is 2.12. The van der Waals surface area contributed by atoms with Crippen LogP contribution in [0.1, 0.15) is 27.4 Å². The largest absolute Gasteiger partial charge is 0.322 e. The fraction of sp³-hybridized carbons (Fsp3) is 0.105. The summed E-state index contributed by atoms with van der Waals surface area (Å²) in [5.41, 5.74) is 3.01. The SMILES string of the molecule is Cc1nc(Cc2ccccc2)ncc1C(=O)Nc1cccc(Br)c1. The first kappa shape index (κ1) is 16.3. The summed E-state index contributed by atoms with van der Waals surface area (Å²) in [6.45, 7) is 1.83. The lowest BCUT2D eigenvalue weighted by Crippen LogP contribution is -2.15. The minimum Gasteiger partial charge on any atom is -0.322 e. The van der Waals surface area contributed by atoms with E-state index in [0.717, 1.165) is 15.7 Å². The highest BCUT2D eigenvalue weighted by Crippen LogP contribution is 2.17. The van der Waals surface area contributed by atoms with Gasteiger partial charge in [-0.25, -0.2) is 9.97 Å². The van der Waals surface area contributed by atoms with Crippen LogP contribution in [-0.2, 0) is 6.42 Å². The Morgan fingerprint density at radius 2 is 1.92 bits per heavy atom. The highest BCUT2D eigenvalue weighted by molar-refractivity contribution is 9.10. The van der Waals surface area contributed by atoms with E-state index in [1.165, 1.54) is 0 Å². The van der Waals surface area contributed by atoms with E-state index in [0.29, 0.717) is 23.5 Å². The highest BCUT2D eigenvalue weighted by atomic mass is 79.9. The molecule has 0 aliphatic carbocycles. The molecular formula is C19H16BrN3O. The number of nitrogens with zero attached hydrogens (tertiary/aromatic N) is 2. The van der Waals surface area contributed by atoms with Gasteiger partial charge in [-0.05, 0) is 30.7 Å². The minimum atomic E-state index is -0.211. The molecule has 120 valence electrons. The first-order valence-corrected chi connectivity index (χ1v) is 8.34. The van der Waals surface area contributed by atoms with Crippen LogP contribution in [0.5, 0.6) is 0 Å². The maximum atomic E-state index is 12.4. The molecule has 2 aromatic carbocycles. The topological polar surface area (TPSA) is 54.9 Å². The Kier molecular flexibility index (Phi) is 5.01. The third-order valence-corrected chi connectivity index (χ3v) is 4.05. The van der Waals surface area contributed by atoms with Gasteiger partial charge < -0.3 is 5.32 Å². The normalized spacial score (nSPS) is 10.4. The van der Waals surface area contributed by atoms with Crippen LogP contribution in [0.3, 0.4) is 0 Å². The molecule has 0 aliphatic rings. The van der Waals surface area contributed by atoms with Gasteiger partial charge >= 0.3 is 0 Å². The van der Waals surface area contributed by atoms with Crippen LogP contribution in [0, 0.1) is 6.92 Å². The standard InChI is InChI=1S/C19H16BrN3O/c1-13-17(19(24)23-16-9-5-8-15(20)11-16)12-21-18(22-13)10-14-6-3-2-4-7-14/h2-9,11-12H,10H2,1H3,(H,23,24). The van der Waals surface area contributed by atoms with Crippen molar-refractivity contribution in [2.24, 2.45) is 0 Å². The molecule has 0 unspecified atom stereocenters. The molecule has 0 bridgehead atoms. The molecule has 3 aromatic rings. The summed E-state index contributed by atoms with van der Waals surface area (Å²) in [6.07, 6.45) is 2.24. The Morgan fingerprint density at radius 1 is 1.12 bits per heavy atom. The maximum absolute atomic E-state index is 12.4. The van der Waals surface area contributed by atoms with Crippen LogP contribution in [0.25, 0.3) is 0 Å². The van der Waals surface area contributed by atoms with Crippen molar-refractivity contribution in [2.45, 2.75) is 13.3 Å². The number of hydrogen-bond donors (Lipinski definition) is 1. The zero-order valence-electron chi connectivity index (χ0n) is 13.2. The van der Waals surface area contributed by atoms with Crippen molar-refractivity contribution in [3.63, 3.8) is 0 Å². The number of anilines is 1. The molecule has 0 saturated carbocycles. The lowest BCUT2D eigenvalue weighted by Gasteiger charge is -2.09. The van der Waals surface area contributed by atoms with Crippen molar-refractivity contribution < 1.29 is 4.79 Å². The number of halogens is 1. The van der Waals surface area contributed by atoms with Gasteiger partial charge in [0.1, 0.15) is 5.82 Å². The fourth-order valence-electron chi connectivity index (χ4n) is 2.37. The van der Waals surface area contributed by atoms with Gasteiger partial charge in [0, 0.05) is 22.8 Å². The van der Waals surface area contributed by atoms with Crippen LogP contribution in [0.2, 0.25) is 0 Å². The van der Waals surface area contributed by atoms with Gasteiger partial charge in [-0.15, -0.1) is 0 Å². The number of benzene rings is 2. The second kappa shape index (κ2) is 7.36. The predicted molar refractivity (Wildman–Crippen MR) is 98.1 cm³/mol. The first-order valence-electron chi connectivity index (χ1n) is 7.55. The summed E-state index contributed by atoms with van der Waals surface area (Å²) in [4.78, 5) is 21.2. The molecule has 0 aliphatic heterocycles. The van der Waals surface area contributed by atoms with Gasteiger partial charge in [0.2, 0.25) is 0 Å². The number of hydrogen-bond acceptors (Lipinski definition) is 3. The monoisotopic (exact) mass is 381 g/mol. The maximum Gasteiger partial charge on any atom is 0.259 e. The van der Waals surface area contributed by atoms with E-state index in [1.807, 2.05) is 61.5 Å². The Balaban J connectivity index is 1.75. The number of rotatable bonds is 4. The quantitative estimate of drug-likeness (QED) is 0.728. The number of amides is 1. The predicted octanol–water partition coefficient (Wildman–Crippen LogP) is 4.39. The van der Waals surface area contributed by atoms with Crippen LogP contribution in [-0.4, -0.2) is 15.9 Å². The summed E-state index contributed by atoms with van der Waals surface area (Å²) in [5.74, 6) is 0.495. The smallest absolute Gasteiger partial charge is 0.259 e. The molecule has 0 spiro atoms. The van der Waals surface area contributed by atoms with E-state index in [1.54, 1.807) is 6.20 Å². The fourth-order valence-corrected chi connectivity index (χ4v) is 2.77. The average molecular weight is 382 g/mol. The molecule has 0 atom stereocenters. The molecule has 0 saturated heterocycles. The third kappa shape index (κ3) is 4.06. The second-order valence-electron chi connectivity index (χ2n) is 5.41. The van der Waals surface area contributed by atoms with E-state index in [2.05, 4.69) is 31.2 Å². The number of aromatic nitrogens is 2. The molecule has 4 nitrogen and oxygen atoms in total. The van der Waals surface area contributed by atoms with Crippen molar-refractivity contribution >= 4 is 27.5 Å². The second-order valence-corrected chi connectivity index (χ2v) is 6.33. The molecule has 0 radical (unpaired) electrons. The van der Waals surface area contributed by atoms with Gasteiger partial charge in [-0.3, -0.25) is 4.79 Å². The summed E-state index contributed by atoms with van der Waals surface area (Å²) in [5, 5.41) is 2.86. The van der Waals surface area contributed by atoms with Crippen LogP contribution < -0.4 is 5.32 Å². The molecule has 3 rings (SSSR count). The van der Waals surface area contributed by atoms with Crippen LogP contribution >= 0.6 is 15.9 Å². The van der Waals surface area contributed by atoms with E-state index in [9.17, 15) is 4.79 Å². The van der Waals surface area contributed by atoms with Crippen molar-refractivity contribution in [1.29, 1.82) is 0 Å². The molecule has 24 heavy (non-hydrogen) atoms. The van der Waals surface area contributed by atoms with Gasteiger partial charge in [-0.2, -0.15) is 0 Å². The zero-order valence-corrected chi connectivity index (χ0v) is 14.7. The number of carbonyl (C=O) groups is 1. The van der Waals surface area contributed by atoms with E-state index in [-0.39, 0.29) is 5.91 Å². The molecule has 1 aromatic heterocycles. The summed E-state index contributed by atoms with van der Waals surface area (Å²) in [6, 6.07) is 17.5. The molecule has 5 heteroatoms. The zero-order chi connectivity index (χ0) is 16.9. The summed E-state index contributed by atoms with van der Waals surface area (Å²) in [7, 11) is 0. The van der Waals surface area contributed by atoms with Crippen molar-refractivity contribution in [1.82, 2.24) is 9.97 Å². The first-order chi connectivity index (χ1) is 11.6. The third-order valence-electron chi connectivity index (χ3n) is 3.56. The average Bonchev–Trinajstić information content (AvgIpc) is 2.56. The molecule has 1 heterocycles. The van der Waals surface area contributed by atoms with Crippen LogP contribution in [0.4, 0.5) is 5.69 Å². The van der Waals surface area contributed by atoms with Gasteiger partial charge in [0.25, 0.3) is 5.91 Å². The van der Waals surface area contributed by atoms with Crippen molar-refractivity contribution in [2.75, 3.05) is 5.32 Å². The molecular weight excluding hydrogens is 366 g/mol.